The van der Waals surface area contributed by atoms with Crippen molar-refractivity contribution in [3.8, 4) is 11.8 Å². The van der Waals surface area contributed by atoms with Gasteiger partial charge in [-0.3, -0.25) is 39.2 Å². The number of piperazine rings is 1. The summed E-state index contributed by atoms with van der Waals surface area (Å²) in [5.74, 6) is -0.415. The number of benzene rings is 3. The van der Waals surface area contributed by atoms with Gasteiger partial charge in [-0.25, -0.2) is 0 Å². The zero-order valence-corrected chi connectivity index (χ0v) is 35.3. The number of thiocarbonyl (C=S) groups is 1. The SMILES string of the molecule is CCc1cc(N2C(=S)N(c3ccc(C#N)c(C(F)(F)F)c3)C(=O)C2(C)C)ccc1OCCN1CCN(CC(=O)Cc2cccc(CC3CCC(=O)NC3=O)c2)C[C@@H]1C.S. The molecule has 314 valence electrons. The Morgan fingerprint density at radius 2 is 1.76 bits per heavy atom. The smallest absolute Gasteiger partial charge is 0.417 e. The largest absolute Gasteiger partial charge is 0.492 e. The Kier molecular flexibility index (Phi) is 14.3. The molecule has 1 unspecified atom stereocenters. The van der Waals surface area contributed by atoms with Crippen molar-refractivity contribution >= 4 is 65.7 Å². The van der Waals surface area contributed by atoms with Crippen LogP contribution in [-0.2, 0) is 44.6 Å². The molecule has 0 radical (unpaired) electrons. The summed E-state index contributed by atoms with van der Waals surface area (Å²) in [6.07, 6.45) is -2.48. The van der Waals surface area contributed by atoms with Gasteiger partial charge in [0.05, 0.1) is 29.4 Å². The van der Waals surface area contributed by atoms with Crippen molar-refractivity contribution in [2.75, 3.05) is 49.1 Å². The fraction of sp³-hybridized carbons (Fsp3) is 0.442. The van der Waals surface area contributed by atoms with E-state index in [1.54, 1.807) is 30.9 Å². The Balaban J connectivity index is 0.00000661. The first-order valence-electron chi connectivity index (χ1n) is 19.5. The summed E-state index contributed by atoms with van der Waals surface area (Å²) in [6.45, 7) is 11.1. The van der Waals surface area contributed by atoms with Crippen LogP contribution in [0.25, 0.3) is 0 Å². The van der Waals surface area contributed by atoms with Crippen molar-refractivity contribution in [1.29, 1.82) is 5.26 Å². The van der Waals surface area contributed by atoms with Crippen LogP contribution in [0.5, 0.6) is 5.75 Å². The summed E-state index contributed by atoms with van der Waals surface area (Å²) in [6, 6.07) is 18.1. The number of nitrogens with one attached hydrogen (secondary N) is 1. The second kappa shape index (κ2) is 18.6. The molecule has 3 saturated heterocycles. The summed E-state index contributed by atoms with van der Waals surface area (Å²) in [5.41, 5.74) is 0.384. The lowest BCUT2D eigenvalue weighted by Crippen LogP contribution is -2.53. The highest BCUT2D eigenvalue weighted by Crippen LogP contribution is 2.40. The molecule has 3 aliphatic heterocycles. The van der Waals surface area contributed by atoms with Gasteiger partial charge in [0, 0.05) is 56.7 Å². The molecule has 3 fully saturated rings. The molecule has 59 heavy (non-hydrogen) atoms. The van der Waals surface area contributed by atoms with E-state index in [0.29, 0.717) is 63.2 Å². The average Bonchev–Trinajstić information content (AvgIpc) is 3.35. The number of alkyl halides is 3. The van der Waals surface area contributed by atoms with E-state index < -0.39 is 28.7 Å². The standard InChI is InChI=1S/C43H47F3N6O5S.H2S/c1-5-30-22-34(52-41(58)51(40(56)42(52,3)4)33-11-9-32(24-47)36(23-33)43(44,45)46)12-13-37(30)57-18-17-50-16-15-49(25-27(50)2)26-35(53)21-29-8-6-7-28(19-29)20-31-10-14-38(54)48-39(31)55;/h6-9,11-13,19,22-23,27,31H,5,10,14-18,20-21,25-26H2,1-4H3,(H,48,54,55);1H2/t27-,31?;/m0./s1. The summed E-state index contributed by atoms with van der Waals surface area (Å²) in [5, 5.41) is 11.7. The van der Waals surface area contributed by atoms with E-state index in [9.17, 15) is 37.6 Å². The van der Waals surface area contributed by atoms with Crippen LogP contribution in [0.4, 0.5) is 24.5 Å². The molecule has 3 amide bonds. The van der Waals surface area contributed by atoms with Gasteiger partial charge in [0.15, 0.2) is 10.9 Å². The number of anilines is 2. The van der Waals surface area contributed by atoms with E-state index in [-0.39, 0.29) is 53.9 Å². The maximum Gasteiger partial charge on any atom is 0.417 e. The normalized spacial score (nSPS) is 20.0. The zero-order chi connectivity index (χ0) is 41.9. The third-order valence-corrected chi connectivity index (χ3v) is 11.5. The van der Waals surface area contributed by atoms with Gasteiger partial charge in [-0.2, -0.15) is 31.9 Å². The number of carbonyl (C=O) groups is 4. The summed E-state index contributed by atoms with van der Waals surface area (Å²) >= 11 is 5.72. The molecule has 3 heterocycles. The predicted molar refractivity (Wildman–Crippen MR) is 227 cm³/mol. The Bertz CT molecular complexity index is 2160. The number of carbonyl (C=O) groups excluding carboxylic acids is 4. The Morgan fingerprint density at radius 1 is 1.03 bits per heavy atom. The van der Waals surface area contributed by atoms with E-state index >= 15 is 0 Å². The van der Waals surface area contributed by atoms with Crippen molar-refractivity contribution in [2.24, 2.45) is 5.92 Å². The lowest BCUT2D eigenvalue weighted by Gasteiger charge is -2.39. The number of aryl methyl sites for hydroxylation is 1. The van der Waals surface area contributed by atoms with Crippen LogP contribution in [0.15, 0.2) is 60.7 Å². The maximum atomic E-state index is 13.8. The zero-order valence-electron chi connectivity index (χ0n) is 33.5. The number of rotatable bonds is 13. The third kappa shape index (κ3) is 10.1. The fourth-order valence-corrected chi connectivity index (χ4v) is 8.54. The number of Topliss-reactive ketones (excluding diaryl/α,β-unsaturated/α-hetero) is 1. The highest BCUT2D eigenvalue weighted by Gasteiger charge is 2.51. The average molecular weight is 851 g/mol. The highest BCUT2D eigenvalue weighted by molar-refractivity contribution is 7.81. The first-order valence-corrected chi connectivity index (χ1v) is 19.9. The van der Waals surface area contributed by atoms with Crippen LogP contribution in [0.1, 0.15) is 68.4 Å². The number of hydrogen-bond donors (Lipinski definition) is 1. The van der Waals surface area contributed by atoms with Gasteiger partial charge in [0.25, 0.3) is 5.91 Å². The third-order valence-electron chi connectivity index (χ3n) is 11.2. The molecule has 6 rings (SSSR count). The summed E-state index contributed by atoms with van der Waals surface area (Å²) < 4.78 is 47.6. The summed E-state index contributed by atoms with van der Waals surface area (Å²) in [4.78, 5) is 57.8. The molecule has 0 aromatic heterocycles. The minimum atomic E-state index is -4.79. The molecule has 0 spiro atoms. The maximum absolute atomic E-state index is 13.8. The van der Waals surface area contributed by atoms with Gasteiger partial charge >= 0.3 is 6.18 Å². The molecule has 2 atom stereocenters. The molecule has 0 aliphatic carbocycles. The minimum Gasteiger partial charge on any atom is -0.492 e. The first-order chi connectivity index (χ1) is 27.5. The molecular weight excluding hydrogens is 802 g/mol. The first kappa shape index (κ1) is 45.3. The number of ketones is 1. The van der Waals surface area contributed by atoms with Crippen LogP contribution in [0, 0.1) is 17.2 Å². The van der Waals surface area contributed by atoms with Crippen LogP contribution in [0.2, 0.25) is 0 Å². The number of nitrogens with zero attached hydrogens (tertiary/aromatic N) is 5. The number of ether oxygens (including phenoxy) is 1. The van der Waals surface area contributed by atoms with Crippen LogP contribution in [0.3, 0.4) is 0 Å². The van der Waals surface area contributed by atoms with Crippen LogP contribution in [-0.4, -0.2) is 89.3 Å². The van der Waals surface area contributed by atoms with Crippen molar-refractivity contribution in [2.45, 2.75) is 77.6 Å². The molecule has 3 aromatic carbocycles. The molecular formula is C43H49F3N6O5S2. The van der Waals surface area contributed by atoms with Gasteiger partial charge in [0.2, 0.25) is 11.8 Å². The highest BCUT2D eigenvalue weighted by atomic mass is 32.1. The van der Waals surface area contributed by atoms with E-state index in [2.05, 4.69) is 22.0 Å². The van der Waals surface area contributed by atoms with E-state index in [4.69, 9.17) is 17.0 Å². The van der Waals surface area contributed by atoms with Gasteiger partial charge in [-0.1, -0.05) is 31.2 Å². The number of hydrogen-bond acceptors (Lipinski definition) is 9. The van der Waals surface area contributed by atoms with Gasteiger partial charge < -0.3 is 9.64 Å². The van der Waals surface area contributed by atoms with Crippen LogP contribution < -0.4 is 19.9 Å². The van der Waals surface area contributed by atoms with Crippen molar-refractivity contribution in [3.05, 3.63) is 88.5 Å². The molecule has 0 saturated carbocycles. The Hall–Kier alpha value is -4.82. The van der Waals surface area contributed by atoms with Crippen LogP contribution >= 0.6 is 25.7 Å². The Labute approximate surface area is 354 Å². The molecule has 1 N–H and O–H groups in total. The Morgan fingerprint density at radius 3 is 2.44 bits per heavy atom. The van der Waals surface area contributed by atoms with Crippen molar-refractivity contribution in [3.63, 3.8) is 0 Å². The van der Waals surface area contributed by atoms with Gasteiger partial charge in [-0.15, -0.1) is 0 Å². The predicted octanol–water partition coefficient (Wildman–Crippen LogP) is 5.96. The summed E-state index contributed by atoms with van der Waals surface area (Å²) in [7, 11) is 0. The number of halogens is 3. The van der Waals surface area contributed by atoms with Crippen molar-refractivity contribution < 1.29 is 37.1 Å². The number of amides is 3. The number of imide groups is 1. The lowest BCUT2D eigenvalue weighted by atomic mass is 9.90. The molecule has 3 aliphatic rings. The molecule has 0 bridgehead atoms. The topological polar surface area (TPSA) is 126 Å². The lowest BCUT2D eigenvalue weighted by molar-refractivity contribution is -0.138. The molecule has 16 heteroatoms. The van der Waals surface area contributed by atoms with E-state index in [1.165, 1.54) is 6.07 Å². The number of nitriles is 1. The van der Waals surface area contributed by atoms with E-state index in [0.717, 1.165) is 53.4 Å². The van der Waals surface area contributed by atoms with Crippen molar-refractivity contribution in [1.82, 2.24) is 15.1 Å². The monoisotopic (exact) mass is 850 g/mol. The van der Waals surface area contributed by atoms with Gasteiger partial charge in [-0.05, 0) is 105 Å². The number of piperidine rings is 1. The van der Waals surface area contributed by atoms with E-state index in [1.807, 2.05) is 43.3 Å². The molecule has 11 nitrogen and oxygen atoms in total. The van der Waals surface area contributed by atoms with Gasteiger partial charge in [0.1, 0.15) is 17.9 Å². The quantitative estimate of drug-likeness (QED) is 0.163. The minimum absolute atomic E-state index is 0. The second-order valence-electron chi connectivity index (χ2n) is 15.7. The molecule has 3 aromatic rings. The second-order valence-corrected chi connectivity index (χ2v) is 16.0. The fourth-order valence-electron chi connectivity index (χ4n) is 8.02.